The minimum Gasteiger partial charge on any atom is -0.490 e. The third-order valence-electron chi connectivity index (χ3n) is 7.14. The first-order chi connectivity index (χ1) is 18.0. The summed E-state index contributed by atoms with van der Waals surface area (Å²) in [5.74, 6) is 1.65. The van der Waals surface area contributed by atoms with E-state index in [1.165, 1.54) is 10.4 Å². The number of hydrogen-bond acceptors (Lipinski definition) is 9. The summed E-state index contributed by atoms with van der Waals surface area (Å²) in [5.41, 5.74) is 8.86. The highest BCUT2D eigenvalue weighted by Crippen LogP contribution is 2.42. The molecule has 1 aliphatic carbocycles. The van der Waals surface area contributed by atoms with Crippen molar-refractivity contribution in [2.45, 2.75) is 45.2 Å². The number of carbonyl (C=O) groups is 1. The quantitative estimate of drug-likeness (QED) is 0.352. The number of rotatable bonds is 6. The van der Waals surface area contributed by atoms with E-state index in [0.29, 0.717) is 32.1 Å². The monoisotopic (exact) mass is 521 g/mol. The van der Waals surface area contributed by atoms with Gasteiger partial charge in [0, 0.05) is 34.8 Å². The molecule has 1 fully saturated rings. The lowest BCUT2D eigenvalue weighted by Gasteiger charge is -2.36. The molecule has 0 radical (unpaired) electrons. The highest BCUT2D eigenvalue weighted by atomic mass is 32.1. The predicted molar refractivity (Wildman–Crippen MR) is 143 cm³/mol. The Morgan fingerprint density at radius 3 is 3.14 bits per heavy atom. The fourth-order valence-corrected chi connectivity index (χ4v) is 6.51. The fraction of sp³-hybridized carbons (Fsp3) is 0.462. The molecule has 1 saturated heterocycles. The number of amides is 1. The molecule has 3 atom stereocenters. The van der Waals surface area contributed by atoms with Gasteiger partial charge < -0.3 is 25.4 Å². The minimum absolute atomic E-state index is 0.00719. The molecule has 0 saturated carbocycles. The Hall–Kier alpha value is -3.28. The molecule has 10 nitrogen and oxygen atoms in total. The van der Waals surface area contributed by atoms with Crippen LogP contribution in [0, 0.1) is 5.92 Å². The first-order valence-corrected chi connectivity index (χ1v) is 13.6. The van der Waals surface area contributed by atoms with E-state index < -0.39 is 0 Å². The van der Waals surface area contributed by atoms with Crippen molar-refractivity contribution in [1.29, 1.82) is 0 Å². The van der Waals surface area contributed by atoms with Crippen molar-refractivity contribution in [3.63, 3.8) is 0 Å². The van der Waals surface area contributed by atoms with Crippen molar-refractivity contribution in [1.82, 2.24) is 25.1 Å². The maximum Gasteiger partial charge on any atom is 0.226 e. The number of aryl methyl sites for hydroxylation is 1. The maximum absolute atomic E-state index is 13.3. The molecule has 4 N–H and O–H groups in total. The van der Waals surface area contributed by atoms with E-state index in [9.17, 15) is 4.79 Å². The first kappa shape index (κ1) is 24.1. The molecular weight excluding hydrogens is 490 g/mol. The van der Waals surface area contributed by atoms with Crippen LogP contribution in [0.2, 0.25) is 0 Å². The van der Waals surface area contributed by atoms with Gasteiger partial charge in [0.15, 0.2) is 0 Å². The molecule has 4 aromatic rings. The van der Waals surface area contributed by atoms with E-state index in [2.05, 4.69) is 32.4 Å². The summed E-state index contributed by atoms with van der Waals surface area (Å²) in [5, 5.41) is 12.6. The van der Waals surface area contributed by atoms with Crippen LogP contribution in [0.3, 0.4) is 0 Å². The number of fused-ring (bicyclic) bond motifs is 4. The summed E-state index contributed by atoms with van der Waals surface area (Å²) in [4.78, 5) is 26.7. The summed E-state index contributed by atoms with van der Waals surface area (Å²) >= 11 is 1.67. The lowest BCUT2D eigenvalue weighted by Crippen LogP contribution is -2.50. The fourth-order valence-electron chi connectivity index (χ4n) is 5.24. The molecule has 3 aromatic heterocycles. The van der Waals surface area contributed by atoms with Crippen LogP contribution in [0.25, 0.3) is 21.1 Å². The Balaban J connectivity index is 1.31. The van der Waals surface area contributed by atoms with Crippen LogP contribution in [0.5, 0.6) is 5.75 Å². The van der Waals surface area contributed by atoms with E-state index in [4.69, 9.17) is 15.2 Å². The highest BCUT2D eigenvalue weighted by Gasteiger charge is 2.34. The van der Waals surface area contributed by atoms with Crippen molar-refractivity contribution in [2.24, 2.45) is 11.7 Å². The molecule has 4 heterocycles. The van der Waals surface area contributed by atoms with Crippen LogP contribution in [-0.4, -0.2) is 69.4 Å². The molecule has 1 aliphatic heterocycles. The summed E-state index contributed by atoms with van der Waals surface area (Å²) in [6.07, 6.45) is 5.75. The average molecular weight is 522 g/mol. The second kappa shape index (κ2) is 9.88. The lowest BCUT2D eigenvalue weighted by atomic mass is 9.86. The lowest BCUT2D eigenvalue weighted by molar-refractivity contribution is -0.143. The third kappa shape index (κ3) is 4.62. The maximum atomic E-state index is 13.3. The molecule has 1 amide bonds. The van der Waals surface area contributed by atoms with Crippen molar-refractivity contribution in [2.75, 3.05) is 31.7 Å². The van der Waals surface area contributed by atoms with E-state index in [1.54, 1.807) is 23.9 Å². The van der Waals surface area contributed by atoms with Gasteiger partial charge in [0.25, 0.3) is 0 Å². The van der Waals surface area contributed by atoms with Gasteiger partial charge in [-0.25, -0.2) is 9.97 Å². The van der Waals surface area contributed by atoms with Crippen LogP contribution < -0.4 is 15.8 Å². The number of nitrogens with zero attached hydrogens (tertiary/aromatic N) is 4. The molecule has 6 rings (SSSR count). The third-order valence-corrected chi connectivity index (χ3v) is 8.30. The van der Waals surface area contributed by atoms with Crippen molar-refractivity contribution >= 4 is 49.9 Å². The molecule has 0 bridgehead atoms. The first-order valence-electron chi connectivity index (χ1n) is 12.7. The van der Waals surface area contributed by atoms with Crippen molar-refractivity contribution in [3.8, 4) is 5.75 Å². The SMILES string of the molecule is C[C@@H]1COCCN1C(=O)[C@H]1CCc2c(sc3ncnc(Nc4cc5cn[nH]c5cc4OC[C@@H](C)N)c23)C1. The molecule has 2 aliphatic rings. The molecule has 194 valence electrons. The Morgan fingerprint density at radius 1 is 1.41 bits per heavy atom. The Bertz CT molecular complexity index is 1450. The van der Waals surface area contributed by atoms with E-state index >= 15 is 0 Å². The average Bonchev–Trinajstić information content (AvgIpc) is 3.51. The van der Waals surface area contributed by atoms with Gasteiger partial charge in [-0.05, 0) is 44.7 Å². The van der Waals surface area contributed by atoms with Gasteiger partial charge >= 0.3 is 0 Å². The highest BCUT2D eigenvalue weighted by molar-refractivity contribution is 7.19. The minimum atomic E-state index is -0.101. The van der Waals surface area contributed by atoms with Gasteiger partial charge in [-0.2, -0.15) is 5.10 Å². The zero-order valence-electron chi connectivity index (χ0n) is 21.0. The largest absolute Gasteiger partial charge is 0.490 e. The number of anilines is 2. The normalized spacial score (nSPS) is 20.7. The Kier molecular flexibility index (Phi) is 6.43. The summed E-state index contributed by atoms with van der Waals surface area (Å²) in [7, 11) is 0. The number of aromatic nitrogens is 4. The van der Waals surface area contributed by atoms with Gasteiger partial charge in [-0.15, -0.1) is 11.3 Å². The van der Waals surface area contributed by atoms with Gasteiger partial charge in [0.2, 0.25) is 5.91 Å². The van der Waals surface area contributed by atoms with Crippen LogP contribution in [0.4, 0.5) is 11.5 Å². The number of carbonyl (C=O) groups excluding carboxylic acids is 1. The number of benzene rings is 1. The summed E-state index contributed by atoms with van der Waals surface area (Å²) in [6.45, 7) is 6.25. The molecule has 0 unspecified atom stereocenters. The van der Waals surface area contributed by atoms with Gasteiger partial charge in [0.1, 0.15) is 29.3 Å². The van der Waals surface area contributed by atoms with Crippen LogP contribution in [-0.2, 0) is 22.4 Å². The van der Waals surface area contributed by atoms with Crippen LogP contribution in [0.15, 0.2) is 24.7 Å². The molecular formula is C26H31N7O3S. The summed E-state index contributed by atoms with van der Waals surface area (Å²) in [6, 6.07) is 3.95. The number of aromatic amines is 1. The number of thiophene rings is 1. The Labute approximate surface area is 218 Å². The molecule has 11 heteroatoms. The number of morpholine rings is 1. The van der Waals surface area contributed by atoms with Crippen LogP contribution >= 0.6 is 11.3 Å². The number of nitrogens with two attached hydrogens (primary N) is 1. The van der Waals surface area contributed by atoms with E-state index in [1.807, 2.05) is 24.0 Å². The Morgan fingerprint density at radius 2 is 2.30 bits per heavy atom. The topological polar surface area (TPSA) is 131 Å². The van der Waals surface area contributed by atoms with Gasteiger partial charge in [-0.1, -0.05) is 0 Å². The smallest absolute Gasteiger partial charge is 0.226 e. The molecule has 1 aromatic carbocycles. The van der Waals surface area contributed by atoms with Gasteiger partial charge in [-0.3, -0.25) is 9.89 Å². The van der Waals surface area contributed by atoms with Crippen molar-refractivity contribution in [3.05, 3.63) is 35.1 Å². The zero-order valence-corrected chi connectivity index (χ0v) is 21.8. The standard InChI is InChI=1S/C26H31N7O3S/c1-14(27)11-36-21-9-19-17(10-30-32-19)7-20(21)31-24-23-18-4-3-16(8-22(18)37-25(23)29-13-28-24)26(34)33-5-6-35-12-15(33)2/h7,9-10,13-16H,3-6,8,11-12,27H2,1-2H3,(H,30,32)(H,28,29,31)/t14-,15-,16+/m1/s1. The number of ether oxygens (including phenoxy) is 2. The predicted octanol–water partition coefficient (Wildman–Crippen LogP) is 3.39. The van der Waals surface area contributed by atoms with E-state index in [0.717, 1.165) is 51.9 Å². The number of hydrogen-bond donors (Lipinski definition) is 3. The summed E-state index contributed by atoms with van der Waals surface area (Å²) < 4.78 is 11.6. The van der Waals surface area contributed by atoms with E-state index in [-0.39, 0.29) is 23.9 Å². The van der Waals surface area contributed by atoms with Gasteiger partial charge in [0.05, 0.1) is 42.0 Å². The zero-order chi connectivity index (χ0) is 25.5. The number of nitrogens with one attached hydrogen (secondary N) is 2. The van der Waals surface area contributed by atoms with Crippen LogP contribution in [0.1, 0.15) is 30.7 Å². The van der Waals surface area contributed by atoms with Crippen molar-refractivity contribution < 1.29 is 14.3 Å². The molecule has 0 spiro atoms. The number of H-pyrrole nitrogens is 1. The second-order valence-electron chi connectivity index (χ2n) is 10.0. The second-order valence-corrected chi connectivity index (χ2v) is 11.1. The molecule has 37 heavy (non-hydrogen) atoms.